The maximum absolute atomic E-state index is 12.2. The fourth-order valence-corrected chi connectivity index (χ4v) is 7.45. The molecule has 4 aromatic heterocycles. The van der Waals surface area contributed by atoms with Gasteiger partial charge in [-0.15, -0.1) is 0 Å². The van der Waals surface area contributed by atoms with Crippen molar-refractivity contribution in [2.24, 2.45) is 0 Å². The first-order valence-electron chi connectivity index (χ1n) is 21.8. The molecule has 1 amide bonds. The molecule has 3 aliphatic heterocycles. The number of carboxylic acids is 1. The average molecular weight is 954 g/mol. The summed E-state index contributed by atoms with van der Waals surface area (Å²) in [6, 6.07) is 23.3. The Balaban J connectivity index is 0.000000169. The number of nitrogens with zero attached hydrogens (tertiary/aromatic N) is 8. The van der Waals surface area contributed by atoms with E-state index >= 15 is 0 Å². The van der Waals surface area contributed by atoms with Crippen LogP contribution < -0.4 is 14.7 Å². The van der Waals surface area contributed by atoms with Crippen LogP contribution in [-0.2, 0) is 16.0 Å². The number of hydroxylamine groups is 2. The molecule has 3 saturated heterocycles. The second-order valence-electron chi connectivity index (χ2n) is 15.3. The monoisotopic (exact) mass is 952 g/mol. The van der Waals surface area contributed by atoms with E-state index in [1.807, 2.05) is 48.5 Å². The largest absolute Gasteiger partial charge is 0.477 e. The lowest BCUT2D eigenvalue weighted by molar-refractivity contribution is -0.0652. The smallest absolute Gasteiger partial charge is 0.356 e. The number of ether oxygens (including phenoxy) is 2. The highest BCUT2D eigenvalue weighted by Crippen LogP contribution is 2.21. The molecule has 3 fully saturated rings. The quantitative estimate of drug-likeness (QED) is 0.0813. The molecule has 0 spiro atoms. The van der Waals surface area contributed by atoms with Gasteiger partial charge < -0.3 is 29.3 Å². The van der Waals surface area contributed by atoms with Crippen molar-refractivity contribution in [2.45, 2.75) is 64.3 Å². The minimum Gasteiger partial charge on any atom is -0.477 e. The van der Waals surface area contributed by atoms with Crippen molar-refractivity contribution >= 4 is 56.8 Å². The molecule has 0 atom stereocenters. The standard InChI is InChI=1S/C18H21N3O2.C12H16N2O2.C11H14N2O2.C7H6BrNO2/c22-18(21(23)14-15-7-3-1-4-8-15)17-10-9-16(13-19-17)20-11-5-2-6-12-20;1-16-12(15)11-6-5-10(9-13-11)14-7-3-2-4-8-14;14-11(15)10-5-4-9(8-12-10)13-6-2-1-3-7-13;1-11-7(10)6-3-2-5(8)4-9-6/h1,3-4,7-10,13,23H,2,5-6,11-12,14H2;5-6,9H,2-4,7-8H2,1H3;4-5,8H,1-3,6-7H2,(H,14,15);2-4H,1H3. The van der Waals surface area contributed by atoms with E-state index in [0.717, 1.165) is 66.4 Å². The van der Waals surface area contributed by atoms with Crippen LogP contribution in [0, 0.1) is 0 Å². The molecule has 3 aliphatic rings. The van der Waals surface area contributed by atoms with E-state index in [1.165, 1.54) is 72.0 Å². The number of rotatable bonds is 9. The zero-order valence-corrected chi connectivity index (χ0v) is 38.5. The van der Waals surface area contributed by atoms with Crippen LogP contribution in [0.3, 0.4) is 0 Å². The van der Waals surface area contributed by atoms with Crippen LogP contribution in [0.4, 0.5) is 17.1 Å². The number of benzene rings is 1. The Morgan fingerprint density at radius 3 is 1.28 bits per heavy atom. The van der Waals surface area contributed by atoms with Crippen LogP contribution in [0.1, 0.15) is 105 Å². The second-order valence-corrected chi connectivity index (χ2v) is 16.3. The summed E-state index contributed by atoms with van der Waals surface area (Å²) in [6.07, 6.45) is 17.8. The van der Waals surface area contributed by atoms with Crippen LogP contribution in [0.2, 0.25) is 0 Å². The molecule has 344 valence electrons. The topological polar surface area (TPSA) is 192 Å². The molecule has 2 N–H and O–H groups in total. The van der Waals surface area contributed by atoms with Crippen molar-refractivity contribution in [3.8, 4) is 0 Å². The molecule has 17 heteroatoms. The molecule has 0 aliphatic carbocycles. The summed E-state index contributed by atoms with van der Waals surface area (Å²) >= 11 is 3.20. The maximum Gasteiger partial charge on any atom is 0.356 e. The molecule has 5 aromatic rings. The number of esters is 2. The Kier molecular flexibility index (Phi) is 20.1. The van der Waals surface area contributed by atoms with Gasteiger partial charge in [-0.25, -0.2) is 39.4 Å². The summed E-state index contributed by atoms with van der Waals surface area (Å²) in [7, 11) is 2.69. The molecule has 65 heavy (non-hydrogen) atoms. The predicted molar refractivity (Wildman–Crippen MR) is 251 cm³/mol. The third kappa shape index (κ3) is 15.9. The minimum absolute atomic E-state index is 0.107. The molecular formula is C48H57BrN8O8. The fourth-order valence-electron chi connectivity index (χ4n) is 7.22. The minimum atomic E-state index is -0.972. The summed E-state index contributed by atoms with van der Waals surface area (Å²) in [4.78, 5) is 67.8. The molecule has 16 nitrogen and oxygen atoms in total. The van der Waals surface area contributed by atoms with Gasteiger partial charge in [0.05, 0.1) is 56.4 Å². The van der Waals surface area contributed by atoms with Gasteiger partial charge in [-0.1, -0.05) is 30.3 Å². The first kappa shape index (κ1) is 49.6. The van der Waals surface area contributed by atoms with Crippen LogP contribution in [0.15, 0.2) is 108 Å². The highest BCUT2D eigenvalue weighted by Gasteiger charge is 2.18. The maximum atomic E-state index is 12.2. The van der Waals surface area contributed by atoms with Gasteiger partial charge in [0.2, 0.25) is 0 Å². The number of piperidine rings is 3. The summed E-state index contributed by atoms with van der Waals surface area (Å²) in [6.45, 7) is 6.49. The zero-order valence-electron chi connectivity index (χ0n) is 36.9. The Bertz CT molecular complexity index is 2220. The summed E-state index contributed by atoms with van der Waals surface area (Å²) in [5, 5.41) is 19.4. The number of hydrogen-bond donors (Lipinski definition) is 2. The molecule has 0 unspecified atom stereocenters. The molecule has 8 rings (SSSR count). The van der Waals surface area contributed by atoms with E-state index in [2.05, 4.69) is 60.0 Å². The van der Waals surface area contributed by atoms with Crippen molar-refractivity contribution in [2.75, 3.05) is 68.2 Å². The van der Waals surface area contributed by atoms with Crippen molar-refractivity contribution in [1.82, 2.24) is 25.0 Å². The third-order valence-corrected chi connectivity index (χ3v) is 11.2. The van der Waals surface area contributed by atoms with Gasteiger partial charge in [0, 0.05) is 49.9 Å². The van der Waals surface area contributed by atoms with E-state index in [-0.39, 0.29) is 23.9 Å². The summed E-state index contributed by atoms with van der Waals surface area (Å²) in [5.41, 5.74) is 5.06. The Hall–Kier alpha value is -6.46. The van der Waals surface area contributed by atoms with Gasteiger partial charge in [-0.2, -0.15) is 0 Å². The van der Waals surface area contributed by atoms with Gasteiger partial charge in [0.1, 0.15) is 22.8 Å². The predicted octanol–water partition coefficient (Wildman–Crippen LogP) is 8.36. The van der Waals surface area contributed by atoms with Crippen molar-refractivity contribution in [3.05, 3.63) is 136 Å². The van der Waals surface area contributed by atoms with E-state index in [0.29, 0.717) is 16.5 Å². The van der Waals surface area contributed by atoms with Crippen molar-refractivity contribution in [3.63, 3.8) is 0 Å². The molecule has 1 aromatic carbocycles. The van der Waals surface area contributed by atoms with Crippen LogP contribution in [-0.4, -0.2) is 113 Å². The molecular weight excluding hydrogens is 896 g/mol. The fraction of sp³-hybridized carbons (Fsp3) is 0.375. The summed E-state index contributed by atoms with van der Waals surface area (Å²) in [5.74, 6) is -2.26. The molecule has 7 heterocycles. The van der Waals surface area contributed by atoms with E-state index in [9.17, 15) is 24.4 Å². The van der Waals surface area contributed by atoms with Gasteiger partial charge in [-0.3, -0.25) is 10.0 Å². The first-order valence-corrected chi connectivity index (χ1v) is 22.5. The summed E-state index contributed by atoms with van der Waals surface area (Å²) < 4.78 is 9.90. The SMILES string of the molecule is COC(=O)c1ccc(Br)cn1.COC(=O)c1ccc(N2CCCCC2)cn1.O=C(O)c1ccc(N2CCCCC2)cn1.O=C(c1ccc(N2CCCCC2)cn1)N(O)Cc1ccccc1. The second kappa shape index (κ2) is 26.4. The highest BCUT2D eigenvalue weighted by molar-refractivity contribution is 9.10. The van der Waals surface area contributed by atoms with Crippen LogP contribution in [0.5, 0.6) is 0 Å². The van der Waals surface area contributed by atoms with Gasteiger partial charge in [0.25, 0.3) is 5.91 Å². The van der Waals surface area contributed by atoms with Crippen LogP contribution in [0.25, 0.3) is 0 Å². The lowest BCUT2D eigenvalue weighted by atomic mass is 10.1. The van der Waals surface area contributed by atoms with E-state index < -0.39 is 17.8 Å². The van der Waals surface area contributed by atoms with Crippen molar-refractivity contribution < 1.29 is 39.0 Å². The van der Waals surface area contributed by atoms with E-state index in [4.69, 9.17) is 5.11 Å². The van der Waals surface area contributed by atoms with Crippen LogP contribution >= 0.6 is 15.9 Å². The Morgan fingerprint density at radius 1 is 0.538 bits per heavy atom. The Labute approximate surface area is 388 Å². The number of pyridine rings is 4. The number of carbonyl (C=O) groups excluding carboxylic acids is 3. The van der Waals surface area contributed by atoms with Gasteiger partial charge in [-0.05, 0) is 128 Å². The molecule has 0 radical (unpaired) electrons. The number of halogens is 1. The third-order valence-electron chi connectivity index (χ3n) is 10.8. The van der Waals surface area contributed by atoms with E-state index in [1.54, 1.807) is 55.1 Å². The van der Waals surface area contributed by atoms with Gasteiger partial charge >= 0.3 is 17.9 Å². The number of hydrogen-bond acceptors (Lipinski definition) is 14. The average Bonchev–Trinajstić information content (AvgIpc) is 3.37. The number of methoxy groups -OCH3 is 2. The number of carbonyl (C=O) groups is 4. The number of amides is 1. The lowest BCUT2D eigenvalue weighted by Crippen LogP contribution is -2.30. The molecule has 0 saturated carbocycles. The number of anilines is 3. The Morgan fingerprint density at radius 2 is 0.923 bits per heavy atom. The number of carboxylic acid groups (broad SMARTS) is 1. The number of aromatic nitrogens is 4. The normalized spacial score (nSPS) is 14.4. The van der Waals surface area contributed by atoms with Gasteiger partial charge in [0.15, 0.2) is 0 Å². The lowest BCUT2D eigenvalue weighted by Gasteiger charge is -2.28. The highest BCUT2D eigenvalue weighted by atomic mass is 79.9. The zero-order chi connectivity index (χ0) is 46.4. The van der Waals surface area contributed by atoms with Crippen molar-refractivity contribution in [1.29, 1.82) is 0 Å². The number of aromatic carboxylic acids is 1. The first-order chi connectivity index (χ1) is 31.6. The molecule has 0 bridgehead atoms.